The van der Waals surface area contributed by atoms with Gasteiger partial charge in [-0.2, -0.15) is 0 Å². The molecule has 1 amide bonds. The van der Waals surface area contributed by atoms with Crippen molar-refractivity contribution in [1.82, 2.24) is 9.29 Å². The van der Waals surface area contributed by atoms with Gasteiger partial charge in [-0.05, 0) is 31.5 Å². The van der Waals surface area contributed by atoms with Crippen LogP contribution in [0.5, 0.6) is 0 Å². The highest BCUT2D eigenvalue weighted by Gasteiger charge is 2.20. The zero-order valence-corrected chi connectivity index (χ0v) is 17.7. The zero-order valence-electron chi connectivity index (χ0n) is 16.1. The van der Waals surface area contributed by atoms with E-state index in [1.54, 1.807) is 13.0 Å². The van der Waals surface area contributed by atoms with E-state index in [0.29, 0.717) is 16.3 Å². The van der Waals surface area contributed by atoms with E-state index >= 15 is 0 Å². The van der Waals surface area contributed by atoms with Crippen molar-refractivity contribution in [2.24, 2.45) is 0 Å². The molecule has 2 aromatic carbocycles. The highest BCUT2D eigenvalue weighted by Crippen LogP contribution is 2.29. The van der Waals surface area contributed by atoms with Crippen LogP contribution in [0, 0.1) is 13.8 Å². The van der Waals surface area contributed by atoms with Gasteiger partial charge < -0.3 is 5.32 Å². The molecule has 0 bridgehead atoms. The van der Waals surface area contributed by atoms with E-state index in [9.17, 15) is 13.2 Å². The van der Waals surface area contributed by atoms with Crippen LogP contribution in [-0.2, 0) is 10.0 Å². The first-order chi connectivity index (χ1) is 13.2. The first kappa shape index (κ1) is 20.2. The number of thiazole rings is 1. The Morgan fingerprint density at radius 3 is 2.39 bits per heavy atom. The maximum atomic E-state index is 12.8. The number of rotatable bonds is 5. The fraction of sp³-hybridized carbons (Fsp3) is 0.200. The summed E-state index contributed by atoms with van der Waals surface area (Å²) in [6.45, 7) is 3.61. The number of aromatic nitrogens is 1. The quantitative estimate of drug-likeness (QED) is 0.685. The molecule has 0 saturated heterocycles. The second-order valence-electron chi connectivity index (χ2n) is 6.52. The molecule has 28 heavy (non-hydrogen) atoms. The minimum absolute atomic E-state index is 0.129. The molecule has 3 rings (SSSR count). The van der Waals surface area contributed by atoms with Crippen molar-refractivity contribution < 1.29 is 13.2 Å². The molecular weight excluding hydrogens is 394 g/mol. The van der Waals surface area contributed by atoms with Gasteiger partial charge in [0.1, 0.15) is 9.88 Å². The third-order valence-corrected chi connectivity index (χ3v) is 7.28. The first-order valence-electron chi connectivity index (χ1n) is 8.57. The van der Waals surface area contributed by atoms with Crippen LogP contribution in [0.4, 0.5) is 5.69 Å². The van der Waals surface area contributed by atoms with Crippen LogP contribution in [0.15, 0.2) is 53.4 Å². The second kappa shape index (κ2) is 7.83. The molecule has 0 radical (unpaired) electrons. The van der Waals surface area contributed by atoms with Crippen molar-refractivity contribution in [2.75, 3.05) is 19.4 Å². The molecule has 0 aliphatic heterocycles. The van der Waals surface area contributed by atoms with Gasteiger partial charge in [-0.25, -0.2) is 17.7 Å². The Bertz CT molecular complexity index is 1120. The van der Waals surface area contributed by atoms with Crippen LogP contribution in [0.2, 0.25) is 0 Å². The largest absolute Gasteiger partial charge is 0.321 e. The van der Waals surface area contributed by atoms with Crippen LogP contribution < -0.4 is 5.32 Å². The van der Waals surface area contributed by atoms with Crippen molar-refractivity contribution in [1.29, 1.82) is 0 Å². The lowest BCUT2D eigenvalue weighted by atomic mass is 10.2. The van der Waals surface area contributed by atoms with E-state index in [2.05, 4.69) is 10.3 Å². The SMILES string of the molecule is Cc1ccc(S(=O)(=O)N(C)C)cc1NC(=O)c1sc(-c2ccccc2)nc1C. The summed E-state index contributed by atoms with van der Waals surface area (Å²) in [6, 6.07) is 14.4. The Morgan fingerprint density at radius 2 is 1.75 bits per heavy atom. The summed E-state index contributed by atoms with van der Waals surface area (Å²) in [5.74, 6) is -0.306. The predicted octanol–water partition coefficient (Wildman–Crippen LogP) is 3.93. The van der Waals surface area contributed by atoms with Crippen molar-refractivity contribution in [2.45, 2.75) is 18.7 Å². The topological polar surface area (TPSA) is 79.4 Å². The smallest absolute Gasteiger partial charge is 0.267 e. The summed E-state index contributed by atoms with van der Waals surface area (Å²) in [7, 11) is -0.641. The molecule has 0 saturated carbocycles. The molecule has 6 nitrogen and oxygen atoms in total. The highest BCUT2D eigenvalue weighted by molar-refractivity contribution is 7.89. The number of hydrogen-bond acceptors (Lipinski definition) is 5. The number of nitrogens with one attached hydrogen (secondary N) is 1. The molecule has 8 heteroatoms. The number of hydrogen-bond donors (Lipinski definition) is 1. The van der Waals surface area contributed by atoms with Gasteiger partial charge >= 0.3 is 0 Å². The summed E-state index contributed by atoms with van der Waals surface area (Å²) in [5.41, 5.74) is 2.82. The standard InChI is InChI=1S/C20H21N3O3S2/c1-13-10-11-16(28(25,26)23(3)4)12-17(13)22-19(24)18-14(2)21-20(27-18)15-8-6-5-7-9-15/h5-12H,1-4H3,(H,22,24). The van der Waals surface area contributed by atoms with Gasteiger partial charge in [-0.1, -0.05) is 36.4 Å². The minimum atomic E-state index is -3.58. The average molecular weight is 416 g/mol. The van der Waals surface area contributed by atoms with Crippen molar-refractivity contribution in [3.8, 4) is 10.6 Å². The van der Waals surface area contributed by atoms with E-state index in [4.69, 9.17) is 0 Å². The number of sulfonamides is 1. The minimum Gasteiger partial charge on any atom is -0.321 e. The molecule has 1 aromatic heterocycles. The lowest BCUT2D eigenvalue weighted by Crippen LogP contribution is -2.22. The number of amides is 1. The summed E-state index contributed by atoms with van der Waals surface area (Å²) in [5, 5.41) is 3.60. The normalized spacial score (nSPS) is 11.6. The van der Waals surface area contributed by atoms with Crippen LogP contribution >= 0.6 is 11.3 Å². The molecule has 0 spiro atoms. The summed E-state index contributed by atoms with van der Waals surface area (Å²) in [4.78, 5) is 18.0. The number of anilines is 1. The summed E-state index contributed by atoms with van der Waals surface area (Å²) in [6.07, 6.45) is 0. The third kappa shape index (κ3) is 3.99. The molecule has 146 valence electrons. The first-order valence-corrected chi connectivity index (χ1v) is 10.8. The molecule has 0 fully saturated rings. The summed E-state index contributed by atoms with van der Waals surface area (Å²) < 4.78 is 25.9. The predicted molar refractivity (Wildman–Crippen MR) is 112 cm³/mol. The Kier molecular flexibility index (Phi) is 5.64. The molecule has 0 unspecified atom stereocenters. The maximum absolute atomic E-state index is 12.8. The zero-order chi connectivity index (χ0) is 20.5. The molecule has 0 aliphatic carbocycles. The number of benzene rings is 2. The molecule has 1 N–H and O–H groups in total. The van der Waals surface area contributed by atoms with Gasteiger partial charge in [0, 0.05) is 25.3 Å². The number of aryl methyl sites for hydroxylation is 2. The number of nitrogens with zero attached hydrogens (tertiary/aromatic N) is 2. The van der Waals surface area contributed by atoms with E-state index in [-0.39, 0.29) is 10.8 Å². The van der Waals surface area contributed by atoms with E-state index in [1.807, 2.05) is 37.3 Å². The van der Waals surface area contributed by atoms with Gasteiger partial charge in [0.2, 0.25) is 10.0 Å². The van der Waals surface area contributed by atoms with E-state index in [1.165, 1.54) is 37.6 Å². The molecule has 0 atom stereocenters. The fourth-order valence-electron chi connectivity index (χ4n) is 2.60. The van der Waals surface area contributed by atoms with E-state index in [0.717, 1.165) is 20.4 Å². The van der Waals surface area contributed by atoms with Crippen molar-refractivity contribution in [3.05, 3.63) is 64.7 Å². The van der Waals surface area contributed by atoms with Crippen molar-refractivity contribution >= 4 is 33.0 Å². The Balaban J connectivity index is 1.91. The molecule has 3 aromatic rings. The lowest BCUT2D eigenvalue weighted by Gasteiger charge is -2.14. The monoisotopic (exact) mass is 415 g/mol. The van der Waals surface area contributed by atoms with Crippen LogP contribution in [0.1, 0.15) is 20.9 Å². The maximum Gasteiger partial charge on any atom is 0.267 e. The number of carbonyl (C=O) groups is 1. The molecular formula is C20H21N3O3S2. The molecule has 0 aliphatic rings. The van der Waals surface area contributed by atoms with Crippen LogP contribution in [0.3, 0.4) is 0 Å². The highest BCUT2D eigenvalue weighted by atomic mass is 32.2. The second-order valence-corrected chi connectivity index (χ2v) is 9.67. The third-order valence-electron chi connectivity index (χ3n) is 4.26. The van der Waals surface area contributed by atoms with Crippen LogP contribution in [-0.4, -0.2) is 37.7 Å². The Morgan fingerprint density at radius 1 is 1.07 bits per heavy atom. The van der Waals surface area contributed by atoms with Gasteiger partial charge in [0.05, 0.1) is 10.6 Å². The van der Waals surface area contributed by atoms with Gasteiger partial charge in [-0.15, -0.1) is 11.3 Å². The van der Waals surface area contributed by atoms with Gasteiger partial charge in [-0.3, -0.25) is 4.79 Å². The summed E-state index contributed by atoms with van der Waals surface area (Å²) >= 11 is 1.31. The fourth-order valence-corrected chi connectivity index (χ4v) is 4.49. The van der Waals surface area contributed by atoms with E-state index < -0.39 is 10.0 Å². The van der Waals surface area contributed by atoms with Gasteiger partial charge in [0.25, 0.3) is 5.91 Å². The van der Waals surface area contributed by atoms with Crippen molar-refractivity contribution in [3.63, 3.8) is 0 Å². The van der Waals surface area contributed by atoms with Gasteiger partial charge in [0.15, 0.2) is 0 Å². The van der Waals surface area contributed by atoms with Crippen LogP contribution in [0.25, 0.3) is 10.6 Å². The molecule has 1 heterocycles. The number of carbonyl (C=O) groups excluding carboxylic acids is 1. The average Bonchev–Trinajstić information content (AvgIpc) is 3.06. The Labute approximate surface area is 168 Å². The lowest BCUT2D eigenvalue weighted by molar-refractivity contribution is 0.102. The Hall–Kier alpha value is -2.55.